The van der Waals surface area contributed by atoms with Crippen LogP contribution in [0.15, 0.2) is 54.7 Å². The first-order valence-corrected chi connectivity index (χ1v) is 10.1. The molecule has 0 aliphatic carbocycles. The molecular formula is C23H22FN3O8. The van der Waals surface area contributed by atoms with Crippen molar-refractivity contribution in [2.75, 3.05) is 33.2 Å². The lowest BCUT2D eigenvalue weighted by molar-refractivity contribution is -0.0218. The van der Waals surface area contributed by atoms with E-state index in [1.165, 1.54) is 41.2 Å². The van der Waals surface area contributed by atoms with Crippen molar-refractivity contribution in [3.05, 3.63) is 71.7 Å². The van der Waals surface area contributed by atoms with Gasteiger partial charge in [0.05, 0.1) is 31.7 Å². The van der Waals surface area contributed by atoms with Gasteiger partial charge in [-0.25, -0.2) is 18.7 Å². The Hall–Kier alpha value is -4.61. The van der Waals surface area contributed by atoms with Gasteiger partial charge in [-0.15, -0.1) is 0 Å². The van der Waals surface area contributed by atoms with E-state index in [0.717, 1.165) is 14.2 Å². The molecule has 1 heterocycles. The molecule has 3 aromatic rings. The van der Waals surface area contributed by atoms with Crippen molar-refractivity contribution in [2.45, 2.75) is 6.10 Å². The zero-order chi connectivity index (χ0) is 25.4. The van der Waals surface area contributed by atoms with Crippen molar-refractivity contribution in [1.29, 1.82) is 0 Å². The van der Waals surface area contributed by atoms with Crippen molar-refractivity contribution in [2.24, 2.45) is 0 Å². The highest BCUT2D eigenvalue weighted by Gasteiger charge is 2.21. The molecule has 1 aromatic heterocycles. The molecule has 184 valence electrons. The van der Waals surface area contributed by atoms with Gasteiger partial charge in [0.2, 0.25) is 0 Å². The summed E-state index contributed by atoms with van der Waals surface area (Å²) >= 11 is 0. The zero-order valence-electron chi connectivity index (χ0n) is 18.8. The lowest BCUT2D eigenvalue weighted by atomic mass is 10.1. The molecule has 3 rings (SSSR count). The van der Waals surface area contributed by atoms with Crippen LogP contribution in [0.2, 0.25) is 0 Å². The number of benzene rings is 2. The monoisotopic (exact) mass is 487 g/mol. The van der Waals surface area contributed by atoms with E-state index in [1.807, 2.05) is 0 Å². The summed E-state index contributed by atoms with van der Waals surface area (Å²) in [6.07, 6.45) is -1.65. The van der Waals surface area contributed by atoms with Gasteiger partial charge in [-0.3, -0.25) is 4.79 Å². The molecule has 0 unspecified atom stereocenters. The number of ether oxygens (including phenoxy) is 5. The number of methoxy groups -OCH3 is 2. The number of hydrogen-bond acceptors (Lipinski definition) is 10. The highest BCUT2D eigenvalue weighted by Crippen LogP contribution is 2.23. The Morgan fingerprint density at radius 2 is 1.74 bits per heavy atom. The van der Waals surface area contributed by atoms with Gasteiger partial charge in [-0.2, -0.15) is 5.10 Å². The van der Waals surface area contributed by atoms with Gasteiger partial charge in [0, 0.05) is 5.56 Å². The first-order valence-electron chi connectivity index (χ1n) is 10.1. The fraction of sp³-hybridized carbons (Fsp3) is 0.217. The molecule has 0 amide bonds. The van der Waals surface area contributed by atoms with Crippen LogP contribution in [0.1, 0.15) is 15.9 Å². The van der Waals surface area contributed by atoms with Gasteiger partial charge in [0.1, 0.15) is 30.6 Å². The van der Waals surface area contributed by atoms with Crippen molar-refractivity contribution in [1.82, 2.24) is 9.78 Å². The van der Waals surface area contributed by atoms with E-state index in [4.69, 9.17) is 19.9 Å². The maximum atomic E-state index is 13.2. The number of anilines is 1. The highest BCUT2D eigenvalue weighted by molar-refractivity contribution is 6.11. The number of nitrogens with two attached hydrogens (primary N) is 1. The van der Waals surface area contributed by atoms with Gasteiger partial charge in [0.25, 0.3) is 0 Å². The number of carbonyl (C=O) groups is 3. The Bertz CT molecular complexity index is 1200. The summed E-state index contributed by atoms with van der Waals surface area (Å²) < 4.78 is 38.7. The Balaban J connectivity index is 1.72. The number of halogens is 1. The molecule has 0 aliphatic rings. The van der Waals surface area contributed by atoms with E-state index in [1.54, 1.807) is 18.2 Å². The minimum absolute atomic E-state index is 0.0828. The molecule has 0 bridgehead atoms. The molecule has 35 heavy (non-hydrogen) atoms. The van der Waals surface area contributed by atoms with Crippen LogP contribution in [0.25, 0.3) is 5.69 Å². The van der Waals surface area contributed by atoms with Crippen LogP contribution in [0.4, 0.5) is 19.8 Å². The molecule has 0 spiro atoms. The van der Waals surface area contributed by atoms with Gasteiger partial charge in [-0.1, -0.05) is 12.1 Å². The average molecular weight is 487 g/mol. The minimum atomic E-state index is -1.01. The summed E-state index contributed by atoms with van der Waals surface area (Å²) in [6, 6.07) is 11.7. The number of rotatable bonds is 9. The normalized spacial score (nSPS) is 11.3. The third-order valence-electron chi connectivity index (χ3n) is 4.64. The van der Waals surface area contributed by atoms with Gasteiger partial charge < -0.3 is 29.4 Å². The van der Waals surface area contributed by atoms with Crippen LogP contribution in [-0.2, 0) is 18.9 Å². The predicted molar refractivity (Wildman–Crippen MR) is 119 cm³/mol. The molecule has 2 N–H and O–H groups in total. The second-order valence-electron chi connectivity index (χ2n) is 6.96. The van der Waals surface area contributed by atoms with Crippen molar-refractivity contribution in [3.8, 4) is 11.4 Å². The molecule has 2 aromatic carbocycles. The fourth-order valence-corrected chi connectivity index (χ4v) is 2.91. The Kier molecular flexibility index (Phi) is 8.22. The molecule has 0 aliphatic heterocycles. The van der Waals surface area contributed by atoms with Crippen molar-refractivity contribution >= 4 is 23.9 Å². The first kappa shape index (κ1) is 25.0. The number of aromatic nitrogens is 2. The van der Waals surface area contributed by atoms with Crippen LogP contribution in [0.5, 0.6) is 5.75 Å². The lowest BCUT2D eigenvalue weighted by Crippen LogP contribution is -2.31. The number of nitrogens with zero attached hydrogens (tertiary/aromatic N) is 2. The zero-order valence-corrected chi connectivity index (χ0v) is 18.8. The lowest BCUT2D eigenvalue weighted by Gasteiger charge is -2.17. The van der Waals surface area contributed by atoms with Crippen LogP contribution in [-0.4, -0.2) is 61.4 Å². The van der Waals surface area contributed by atoms with E-state index < -0.39 is 30.0 Å². The summed E-state index contributed by atoms with van der Waals surface area (Å²) in [4.78, 5) is 35.7. The third kappa shape index (κ3) is 6.47. The maximum Gasteiger partial charge on any atom is 0.508 e. The summed E-state index contributed by atoms with van der Waals surface area (Å²) in [5, 5.41) is 4.13. The molecule has 0 saturated carbocycles. The number of hydrogen-bond donors (Lipinski definition) is 1. The van der Waals surface area contributed by atoms with Gasteiger partial charge >= 0.3 is 12.3 Å². The van der Waals surface area contributed by atoms with Crippen LogP contribution < -0.4 is 10.5 Å². The largest absolute Gasteiger partial charge is 0.508 e. The standard InChI is InChI=1S/C23H22FN3O8/c1-31-22(29)34-13-18(35-23(30)32-2)12-33-17-5-3-4-14(10-17)20(28)19-11-26-27(21(19)25)16-8-6-15(24)7-9-16/h3-11,18H,12-13,25H2,1-2H3/t18-/m0/s1. The highest BCUT2D eigenvalue weighted by atomic mass is 19.1. The van der Waals surface area contributed by atoms with Gasteiger partial charge in [-0.05, 0) is 36.4 Å². The van der Waals surface area contributed by atoms with E-state index in [2.05, 4.69) is 14.6 Å². The van der Waals surface area contributed by atoms with Crippen LogP contribution in [0, 0.1) is 5.82 Å². The summed E-state index contributed by atoms with van der Waals surface area (Å²) in [5.74, 6) is -0.474. The third-order valence-corrected chi connectivity index (χ3v) is 4.64. The quantitative estimate of drug-likeness (QED) is 0.353. The maximum absolute atomic E-state index is 13.2. The number of nitrogen functional groups attached to an aromatic ring is 1. The van der Waals surface area contributed by atoms with E-state index in [0.29, 0.717) is 5.69 Å². The van der Waals surface area contributed by atoms with Crippen molar-refractivity contribution < 1.29 is 42.5 Å². The van der Waals surface area contributed by atoms with Gasteiger partial charge in [0.15, 0.2) is 11.9 Å². The topological polar surface area (TPSA) is 141 Å². The number of carbonyl (C=O) groups excluding carboxylic acids is 3. The van der Waals surface area contributed by atoms with Crippen molar-refractivity contribution in [3.63, 3.8) is 0 Å². The Labute approximate surface area is 199 Å². The second-order valence-corrected chi connectivity index (χ2v) is 6.96. The van der Waals surface area contributed by atoms with E-state index in [9.17, 15) is 18.8 Å². The number of ketones is 1. The molecule has 12 heteroatoms. The summed E-state index contributed by atoms with van der Waals surface area (Å²) in [6.45, 7) is -0.562. The van der Waals surface area contributed by atoms with E-state index in [-0.39, 0.29) is 35.9 Å². The molecule has 1 atom stereocenters. The second kappa shape index (κ2) is 11.5. The summed E-state index contributed by atoms with van der Waals surface area (Å²) in [7, 11) is 2.26. The average Bonchev–Trinajstić information content (AvgIpc) is 3.26. The smallest absolute Gasteiger partial charge is 0.490 e. The molecule has 0 saturated heterocycles. The SMILES string of the molecule is COC(=O)OC[C@H](COc1cccc(C(=O)c2cnn(-c3ccc(F)cc3)c2N)c1)OC(=O)OC. The first-order chi connectivity index (χ1) is 16.8. The fourth-order valence-electron chi connectivity index (χ4n) is 2.91. The van der Waals surface area contributed by atoms with Crippen LogP contribution >= 0.6 is 0 Å². The minimum Gasteiger partial charge on any atom is -0.490 e. The summed E-state index contributed by atoms with van der Waals surface area (Å²) in [5.41, 5.74) is 7.01. The Morgan fingerprint density at radius 3 is 2.43 bits per heavy atom. The molecular weight excluding hydrogens is 465 g/mol. The molecule has 0 fully saturated rings. The molecule has 11 nitrogen and oxygen atoms in total. The Morgan fingerprint density at radius 1 is 1.03 bits per heavy atom. The van der Waals surface area contributed by atoms with Crippen LogP contribution in [0.3, 0.4) is 0 Å². The predicted octanol–water partition coefficient (Wildman–Crippen LogP) is 3.14. The molecule has 0 radical (unpaired) electrons. The van der Waals surface area contributed by atoms with E-state index >= 15 is 0 Å².